The van der Waals surface area contributed by atoms with Gasteiger partial charge in [-0.15, -0.1) is 0 Å². The molecule has 4 nitrogen and oxygen atoms in total. The van der Waals surface area contributed by atoms with Crippen molar-refractivity contribution in [3.05, 3.63) is 35.4 Å². The number of hydrogen-bond acceptors (Lipinski definition) is 3. The van der Waals surface area contributed by atoms with Gasteiger partial charge >= 0.3 is 5.97 Å². The van der Waals surface area contributed by atoms with Gasteiger partial charge in [0.25, 0.3) is 9.05 Å². The molecule has 0 aromatic heterocycles. The lowest BCUT2D eigenvalue weighted by Gasteiger charge is -2.02. The second-order valence-electron chi connectivity index (χ2n) is 3.13. The molecule has 1 rings (SSSR count). The Morgan fingerprint density at radius 2 is 2.06 bits per heavy atom. The molecule has 0 heterocycles. The van der Waals surface area contributed by atoms with E-state index in [9.17, 15) is 13.2 Å². The number of hydrogen-bond donors (Lipinski definition) is 1. The van der Waals surface area contributed by atoms with Crippen molar-refractivity contribution in [2.45, 2.75) is 11.8 Å². The maximum Gasteiger partial charge on any atom is 0.328 e. The van der Waals surface area contributed by atoms with Crippen LogP contribution in [0.2, 0.25) is 0 Å². The Bertz CT molecular complexity index is 546. The minimum atomic E-state index is -3.75. The van der Waals surface area contributed by atoms with E-state index in [4.69, 9.17) is 15.8 Å². The van der Waals surface area contributed by atoms with Crippen LogP contribution in [0.1, 0.15) is 11.1 Å². The summed E-state index contributed by atoms with van der Waals surface area (Å²) in [5.74, 6) is -1.06. The summed E-state index contributed by atoms with van der Waals surface area (Å²) >= 11 is 0. The van der Waals surface area contributed by atoms with E-state index in [1.54, 1.807) is 13.0 Å². The first kappa shape index (κ1) is 12.7. The highest BCUT2D eigenvalue weighted by molar-refractivity contribution is 8.13. The third kappa shape index (κ3) is 3.36. The largest absolute Gasteiger partial charge is 0.478 e. The molecule has 0 atom stereocenters. The second kappa shape index (κ2) is 4.67. The highest BCUT2D eigenvalue weighted by atomic mass is 35.7. The third-order valence-corrected chi connectivity index (χ3v) is 3.36. The number of aryl methyl sites for hydroxylation is 1. The number of rotatable bonds is 3. The van der Waals surface area contributed by atoms with Crippen molar-refractivity contribution in [1.29, 1.82) is 0 Å². The Morgan fingerprint density at radius 3 is 2.50 bits per heavy atom. The molecule has 1 aromatic carbocycles. The summed E-state index contributed by atoms with van der Waals surface area (Å²) < 4.78 is 22.2. The van der Waals surface area contributed by atoms with Gasteiger partial charge in [0, 0.05) is 16.8 Å². The Balaban J connectivity index is 3.15. The number of carboxylic acids is 1. The highest BCUT2D eigenvalue weighted by Crippen LogP contribution is 2.20. The van der Waals surface area contributed by atoms with Gasteiger partial charge < -0.3 is 5.11 Å². The number of halogens is 1. The van der Waals surface area contributed by atoms with E-state index in [1.807, 2.05) is 0 Å². The molecule has 16 heavy (non-hydrogen) atoms. The lowest BCUT2D eigenvalue weighted by Crippen LogP contribution is -1.94. The maximum atomic E-state index is 11.1. The van der Waals surface area contributed by atoms with Crippen LogP contribution in [0.4, 0.5) is 0 Å². The number of carbonyl (C=O) groups is 1. The number of benzene rings is 1. The molecule has 0 spiro atoms. The molecular weight excluding hydrogens is 252 g/mol. The van der Waals surface area contributed by atoms with Gasteiger partial charge in [-0.2, -0.15) is 0 Å². The molecule has 0 aliphatic carbocycles. The summed E-state index contributed by atoms with van der Waals surface area (Å²) in [5, 5.41) is 8.42. The average Bonchev–Trinajstić information content (AvgIpc) is 2.12. The Labute approximate surface area is 97.6 Å². The van der Waals surface area contributed by atoms with Crippen molar-refractivity contribution >= 4 is 31.8 Å². The average molecular weight is 261 g/mol. The van der Waals surface area contributed by atoms with Gasteiger partial charge in [0.1, 0.15) is 0 Å². The minimum absolute atomic E-state index is 0.0293. The Kier molecular flexibility index (Phi) is 3.72. The first-order chi connectivity index (χ1) is 7.30. The van der Waals surface area contributed by atoms with Gasteiger partial charge in [0.2, 0.25) is 0 Å². The van der Waals surface area contributed by atoms with E-state index in [2.05, 4.69) is 0 Å². The Morgan fingerprint density at radius 1 is 1.44 bits per heavy atom. The van der Waals surface area contributed by atoms with Crippen molar-refractivity contribution < 1.29 is 18.3 Å². The fraction of sp³-hybridized carbons (Fsp3) is 0.100. The first-order valence-electron chi connectivity index (χ1n) is 4.27. The molecule has 6 heteroatoms. The summed E-state index contributed by atoms with van der Waals surface area (Å²) in [5.41, 5.74) is 1.08. The predicted molar refractivity (Wildman–Crippen MR) is 60.9 cm³/mol. The zero-order valence-corrected chi connectivity index (χ0v) is 9.92. The van der Waals surface area contributed by atoms with Crippen molar-refractivity contribution in [3.8, 4) is 0 Å². The van der Waals surface area contributed by atoms with Crippen molar-refractivity contribution in [2.75, 3.05) is 0 Å². The molecule has 0 saturated carbocycles. The third-order valence-electron chi connectivity index (χ3n) is 1.88. The van der Waals surface area contributed by atoms with Crippen LogP contribution in [0.5, 0.6) is 0 Å². The first-order valence-corrected chi connectivity index (χ1v) is 6.58. The van der Waals surface area contributed by atoms with Crippen LogP contribution in [-0.2, 0) is 13.8 Å². The van der Waals surface area contributed by atoms with Gasteiger partial charge in [-0.25, -0.2) is 13.2 Å². The molecule has 86 valence electrons. The molecule has 0 aliphatic rings. The van der Waals surface area contributed by atoms with Crippen molar-refractivity contribution in [1.82, 2.24) is 0 Å². The molecular formula is C10H9ClO4S. The number of aliphatic carboxylic acids is 1. The molecule has 1 aromatic rings. The monoisotopic (exact) mass is 260 g/mol. The van der Waals surface area contributed by atoms with Crippen LogP contribution >= 0.6 is 10.7 Å². The molecule has 0 saturated heterocycles. The lowest BCUT2D eigenvalue weighted by atomic mass is 10.1. The normalized spacial score (nSPS) is 11.9. The van der Waals surface area contributed by atoms with Gasteiger partial charge in [-0.05, 0) is 30.2 Å². The van der Waals surface area contributed by atoms with Crippen LogP contribution in [0.25, 0.3) is 6.08 Å². The summed E-state index contributed by atoms with van der Waals surface area (Å²) in [6.45, 7) is 1.59. The van der Waals surface area contributed by atoms with E-state index in [1.165, 1.54) is 18.2 Å². The molecule has 0 fully saturated rings. The summed E-state index contributed by atoms with van der Waals surface area (Å²) in [4.78, 5) is 10.3. The van der Waals surface area contributed by atoms with E-state index in [-0.39, 0.29) is 4.90 Å². The van der Waals surface area contributed by atoms with Crippen LogP contribution in [0.3, 0.4) is 0 Å². The Hall–Kier alpha value is -1.33. The minimum Gasteiger partial charge on any atom is -0.478 e. The molecule has 0 unspecified atom stereocenters. The van der Waals surface area contributed by atoms with Gasteiger partial charge in [0.15, 0.2) is 0 Å². The maximum absolute atomic E-state index is 11.1. The van der Waals surface area contributed by atoms with Crippen LogP contribution in [0.15, 0.2) is 29.2 Å². The molecule has 1 N–H and O–H groups in total. The molecule has 0 radical (unpaired) electrons. The van der Waals surface area contributed by atoms with E-state index in [0.29, 0.717) is 11.1 Å². The van der Waals surface area contributed by atoms with Gasteiger partial charge in [-0.1, -0.05) is 12.1 Å². The topological polar surface area (TPSA) is 71.4 Å². The van der Waals surface area contributed by atoms with Crippen LogP contribution in [-0.4, -0.2) is 19.5 Å². The zero-order valence-electron chi connectivity index (χ0n) is 8.34. The van der Waals surface area contributed by atoms with Gasteiger partial charge in [0.05, 0.1) is 4.90 Å². The summed E-state index contributed by atoms with van der Waals surface area (Å²) in [6, 6.07) is 4.38. The number of carboxylic acid groups (broad SMARTS) is 1. The highest BCUT2D eigenvalue weighted by Gasteiger charge is 2.12. The van der Waals surface area contributed by atoms with E-state index >= 15 is 0 Å². The lowest BCUT2D eigenvalue weighted by molar-refractivity contribution is -0.131. The predicted octanol–water partition coefficient (Wildman–Crippen LogP) is 2.02. The van der Waals surface area contributed by atoms with Crippen molar-refractivity contribution in [3.63, 3.8) is 0 Å². The zero-order chi connectivity index (χ0) is 12.3. The van der Waals surface area contributed by atoms with E-state index < -0.39 is 15.0 Å². The smallest absolute Gasteiger partial charge is 0.328 e. The summed E-state index contributed by atoms with van der Waals surface area (Å²) in [7, 11) is 1.45. The molecule has 0 amide bonds. The SMILES string of the molecule is Cc1cc(/C=C/C(=O)O)ccc1S(=O)(=O)Cl. The molecule has 0 bridgehead atoms. The fourth-order valence-electron chi connectivity index (χ4n) is 1.22. The summed E-state index contributed by atoms with van der Waals surface area (Å²) in [6.07, 6.45) is 2.35. The van der Waals surface area contributed by atoms with Crippen LogP contribution < -0.4 is 0 Å². The van der Waals surface area contributed by atoms with Gasteiger partial charge in [-0.3, -0.25) is 0 Å². The van der Waals surface area contributed by atoms with Crippen LogP contribution in [0, 0.1) is 6.92 Å². The quantitative estimate of drug-likeness (QED) is 0.667. The second-order valence-corrected chi connectivity index (χ2v) is 5.67. The molecule has 0 aliphatic heterocycles. The van der Waals surface area contributed by atoms with E-state index in [0.717, 1.165) is 6.08 Å². The fourth-order valence-corrected chi connectivity index (χ4v) is 2.41. The standard InChI is InChI=1S/C10H9ClO4S/c1-7-6-8(3-5-10(12)13)2-4-9(7)16(11,14)15/h2-6H,1H3,(H,12,13)/b5-3+. The van der Waals surface area contributed by atoms with Crippen molar-refractivity contribution in [2.24, 2.45) is 0 Å².